The zero-order valence-electron chi connectivity index (χ0n) is 15.3. The molecule has 0 bridgehead atoms. The van der Waals surface area contributed by atoms with Gasteiger partial charge in [-0.05, 0) is 36.5 Å². The lowest BCUT2D eigenvalue weighted by atomic mass is 10.00. The van der Waals surface area contributed by atoms with E-state index in [1.165, 1.54) is 0 Å². The third-order valence-corrected chi connectivity index (χ3v) is 4.58. The first-order valence-corrected chi connectivity index (χ1v) is 8.93. The molecule has 0 atom stereocenters. The number of aromatic nitrogens is 1. The van der Waals surface area contributed by atoms with Crippen molar-refractivity contribution in [1.82, 2.24) is 15.2 Å². The van der Waals surface area contributed by atoms with Gasteiger partial charge in [-0.3, -0.25) is 0 Å². The molecule has 1 fully saturated rings. The molecule has 2 heterocycles. The molecule has 2 aromatic rings. The largest absolute Gasteiger partial charge is 0.497 e. The molecule has 1 N–H and O–H groups in total. The number of nitrogens with zero attached hydrogens (tertiary/aromatic N) is 2. The van der Waals surface area contributed by atoms with Gasteiger partial charge < -0.3 is 19.7 Å². The van der Waals surface area contributed by atoms with Crippen LogP contribution in [0.5, 0.6) is 17.4 Å². The zero-order valence-corrected chi connectivity index (χ0v) is 15.3. The number of nitrogens with one attached hydrogen (secondary N) is 1. The number of hydrogen-bond acceptors (Lipinski definition) is 4. The van der Waals surface area contributed by atoms with Crippen molar-refractivity contribution in [2.75, 3.05) is 20.2 Å². The Kier molecular flexibility index (Phi) is 5.94. The molecular formula is C20H25N3O3. The summed E-state index contributed by atoms with van der Waals surface area (Å²) in [5, 5.41) is 2.96. The molecule has 2 amide bonds. The Morgan fingerprint density at radius 2 is 2.00 bits per heavy atom. The van der Waals surface area contributed by atoms with Crippen molar-refractivity contribution < 1.29 is 14.3 Å². The topological polar surface area (TPSA) is 63.7 Å². The van der Waals surface area contributed by atoms with E-state index in [2.05, 4.69) is 17.2 Å². The summed E-state index contributed by atoms with van der Waals surface area (Å²) in [6.07, 6.45) is 3.87. The van der Waals surface area contributed by atoms with Crippen molar-refractivity contribution in [3.63, 3.8) is 0 Å². The summed E-state index contributed by atoms with van der Waals surface area (Å²) in [6, 6.07) is 11.1. The summed E-state index contributed by atoms with van der Waals surface area (Å²) < 4.78 is 10.9. The summed E-state index contributed by atoms with van der Waals surface area (Å²) in [5.74, 6) is 2.60. The van der Waals surface area contributed by atoms with Gasteiger partial charge in [0.05, 0.1) is 7.11 Å². The van der Waals surface area contributed by atoms with E-state index in [0.717, 1.165) is 37.2 Å². The maximum absolute atomic E-state index is 12.2. The Morgan fingerprint density at radius 1 is 1.23 bits per heavy atom. The first-order valence-electron chi connectivity index (χ1n) is 8.93. The van der Waals surface area contributed by atoms with Gasteiger partial charge in [0.1, 0.15) is 11.5 Å². The van der Waals surface area contributed by atoms with Crippen LogP contribution in [-0.4, -0.2) is 36.1 Å². The van der Waals surface area contributed by atoms with Gasteiger partial charge in [0.15, 0.2) is 0 Å². The molecule has 6 nitrogen and oxygen atoms in total. The molecule has 1 aromatic heterocycles. The third kappa shape index (κ3) is 4.88. The molecule has 0 aliphatic carbocycles. The van der Waals surface area contributed by atoms with Crippen molar-refractivity contribution in [2.24, 2.45) is 5.92 Å². The Bertz CT molecular complexity index is 725. The van der Waals surface area contributed by atoms with Gasteiger partial charge in [0, 0.05) is 38.0 Å². The van der Waals surface area contributed by atoms with E-state index in [1.54, 1.807) is 25.4 Å². The summed E-state index contributed by atoms with van der Waals surface area (Å²) in [6.45, 7) is 4.35. The van der Waals surface area contributed by atoms with E-state index >= 15 is 0 Å². The number of ether oxygens (including phenoxy) is 2. The smallest absolute Gasteiger partial charge is 0.317 e. The molecule has 0 radical (unpaired) electrons. The molecule has 3 rings (SSSR count). The quantitative estimate of drug-likeness (QED) is 0.885. The minimum Gasteiger partial charge on any atom is -0.497 e. The highest BCUT2D eigenvalue weighted by molar-refractivity contribution is 5.74. The van der Waals surface area contributed by atoms with E-state index in [9.17, 15) is 4.79 Å². The van der Waals surface area contributed by atoms with Crippen LogP contribution in [0.1, 0.15) is 25.3 Å². The minimum absolute atomic E-state index is 0.00592. The van der Waals surface area contributed by atoms with Crippen molar-refractivity contribution in [3.05, 3.63) is 48.2 Å². The molecule has 1 aromatic carbocycles. The summed E-state index contributed by atoms with van der Waals surface area (Å²) >= 11 is 0. The normalized spacial score (nSPS) is 14.8. The van der Waals surface area contributed by atoms with Crippen LogP contribution in [0.4, 0.5) is 4.79 Å². The number of pyridine rings is 1. The first-order chi connectivity index (χ1) is 12.6. The number of methoxy groups -OCH3 is 1. The average Bonchev–Trinajstić information content (AvgIpc) is 2.68. The summed E-state index contributed by atoms with van der Waals surface area (Å²) in [5.41, 5.74) is 0.932. The Balaban J connectivity index is 1.50. The van der Waals surface area contributed by atoms with Crippen LogP contribution in [0.25, 0.3) is 0 Å². The second-order valence-electron chi connectivity index (χ2n) is 6.61. The van der Waals surface area contributed by atoms with Gasteiger partial charge in [-0.25, -0.2) is 9.78 Å². The van der Waals surface area contributed by atoms with E-state index in [-0.39, 0.29) is 6.03 Å². The van der Waals surface area contributed by atoms with E-state index < -0.39 is 0 Å². The highest BCUT2D eigenvalue weighted by atomic mass is 16.5. The van der Waals surface area contributed by atoms with Crippen molar-refractivity contribution in [2.45, 2.75) is 26.3 Å². The van der Waals surface area contributed by atoms with Crippen LogP contribution in [0.15, 0.2) is 42.6 Å². The van der Waals surface area contributed by atoms with Crippen molar-refractivity contribution >= 4 is 6.03 Å². The molecular weight excluding hydrogens is 330 g/mol. The fraction of sp³-hybridized carbons (Fsp3) is 0.400. The Hall–Kier alpha value is -2.76. The Labute approximate surface area is 154 Å². The van der Waals surface area contributed by atoms with E-state index in [4.69, 9.17) is 9.47 Å². The first kappa shape index (κ1) is 18.0. The molecule has 1 aliphatic heterocycles. The third-order valence-electron chi connectivity index (χ3n) is 4.58. The maximum Gasteiger partial charge on any atom is 0.317 e. The van der Waals surface area contributed by atoms with Gasteiger partial charge in [-0.2, -0.15) is 0 Å². The highest BCUT2D eigenvalue weighted by Gasteiger charge is 2.19. The predicted octanol–water partition coefficient (Wildman–Crippen LogP) is 3.82. The van der Waals surface area contributed by atoms with Gasteiger partial charge in [-0.15, -0.1) is 0 Å². The number of carbonyl (C=O) groups excluding carboxylic acids is 1. The van der Waals surface area contributed by atoms with Crippen LogP contribution < -0.4 is 14.8 Å². The van der Waals surface area contributed by atoms with Crippen LogP contribution in [0.3, 0.4) is 0 Å². The van der Waals surface area contributed by atoms with Crippen LogP contribution in [0.2, 0.25) is 0 Å². The van der Waals surface area contributed by atoms with Gasteiger partial charge in [-0.1, -0.05) is 19.1 Å². The molecule has 0 unspecified atom stereocenters. The lowest BCUT2D eigenvalue weighted by Crippen LogP contribution is -2.43. The molecule has 6 heteroatoms. The lowest BCUT2D eigenvalue weighted by Gasteiger charge is -2.30. The van der Waals surface area contributed by atoms with Crippen molar-refractivity contribution in [1.29, 1.82) is 0 Å². The van der Waals surface area contributed by atoms with Crippen molar-refractivity contribution in [3.8, 4) is 17.4 Å². The number of urea groups is 1. The predicted molar refractivity (Wildman–Crippen MR) is 99.5 cm³/mol. The number of carbonyl (C=O) groups is 1. The standard InChI is InChI=1S/C20H25N3O3/c1-15-8-10-23(11-9-15)20(24)22-14-16-6-7-19(21-13-16)26-18-5-3-4-17(12-18)25-2/h3-7,12-13,15H,8-11,14H2,1-2H3,(H,22,24). The number of rotatable bonds is 5. The molecule has 0 spiro atoms. The number of likely N-dealkylation sites (tertiary alicyclic amines) is 1. The molecule has 138 valence electrons. The minimum atomic E-state index is -0.00592. The Morgan fingerprint density at radius 3 is 2.69 bits per heavy atom. The fourth-order valence-electron chi connectivity index (χ4n) is 2.86. The zero-order chi connectivity index (χ0) is 18.4. The number of piperidine rings is 1. The lowest BCUT2D eigenvalue weighted by molar-refractivity contribution is 0.173. The average molecular weight is 355 g/mol. The molecule has 1 aliphatic rings. The van der Waals surface area contributed by atoms with Crippen LogP contribution in [-0.2, 0) is 6.54 Å². The van der Waals surface area contributed by atoms with Gasteiger partial charge >= 0.3 is 6.03 Å². The second kappa shape index (κ2) is 8.56. The van der Waals surface area contributed by atoms with Crippen LogP contribution >= 0.6 is 0 Å². The monoisotopic (exact) mass is 355 g/mol. The second-order valence-corrected chi connectivity index (χ2v) is 6.61. The maximum atomic E-state index is 12.2. The highest BCUT2D eigenvalue weighted by Crippen LogP contribution is 2.23. The van der Waals surface area contributed by atoms with Gasteiger partial charge in [0.25, 0.3) is 0 Å². The van der Waals surface area contributed by atoms with E-state index in [0.29, 0.717) is 24.1 Å². The number of benzene rings is 1. The molecule has 0 saturated carbocycles. The van der Waals surface area contributed by atoms with Gasteiger partial charge in [0.2, 0.25) is 5.88 Å². The molecule has 26 heavy (non-hydrogen) atoms. The summed E-state index contributed by atoms with van der Waals surface area (Å²) in [7, 11) is 1.62. The number of amides is 2. The van der Waals surface area contributed by atoms with Crippen LogP contribution in [0, 0.1) is 5.92 Å². The SMILES string of the molecule is COc1cccc(Oc2ccc(CNC(=O)N3CCC(C)CC3)cn2)c1. The van der Waals surface area contributed by atoms with E-state index in [1.807, 2.05) is 29.2 Å². The fourth-order valence-corrected chi connectivity index (χ4v) is 2.86. The number of hydrogen-bond donors (Lipinski definition) is 1. The molecule has 1 saturated heterocycles. The summed E-state index contributed by atoms with van der Waals surface area (Å²) in [4.78, 5) is 18.4.